The van der Waals surface area contributed by atoms with Gasteiger partial charge in [-0.1, -0.05) is 308 Å². The van der Waals surface area contributed by atoms with Crippen LogP contribution in [0.15, 0.2) is 24.3 Å². The van der Waals surface area contributed by atoms with Crippen molar-refractivity contribution >= 4 is 11.9 Å². The van der Waals surface area contributed by atoms with Gasteiger partial charge in [-0.2, -0.15) is 0 Å². The third kappa shape index (κ3) is 57.5. The normalized spacial score (nSPS) is 12.7. The minimum absolute atomic E-state index is 0.0111. The summed E-state index contributed by atoms with van der Waals surface area (Å²) in [4.78, 5) is 24.6. The summed E-state index contributed by atoms with van der Waals surface area (Å²) in [7, 11) is 0. The summed E-state index contributed by atoms with van der Waals surface area (Å²) >= 11 is 0. The first kappa shape index (κ1) is 69.3. The number of rotatable bonds is 60. The van der Waals surface area contributed by atoms with Crippen LogP contribution in [0.4, 0.5) is 0 Å². The van der Waals surface area contributed by atoms with E-state index >= 15 is 0 Å². The summed E-state index contributed by atoms with van der Waals surface area (Å²) in [5.41, 5.74) is 0. The number of carbonyl (C=O) groups is 2. The van der Waals surface area contributed by atoms with Crippen molar-refractivity contribution in [1.29, 1.82) is 0 Å². The minimum Gasteiger partial charge on any atom is -0.466 e. The van der Waals surface area contributed by atoms with Gasteiger partial charge in [0, 0.05) is 12.8 Å². The molecule has 2 unspecified atom stereocenters. The number of carbonyl (C=O) groups excluding carboxylic acids is 2. The predicted molar refractivity (Wildman–Crippen MR) is 310 cm³/mol. The number of aliphatic hydroxyl groups is 2. The first-order chi connectivity index (χ1) is 35.0. The lowest BCUT2D eigenvalue weighted by Crippen LogP contribution is -2.45. The second kappa shape index (κ2) is 60.9. The summed E-state index contributed by atoms with van der Waals surface area (Å²) in [6, 6.07) is -0.540. The summed E-state index contributed by atoms with van der Waals surface area (Å²) in [5, 5.41) is 23.2. The largest absolute Gasteiger partial charge is 0.466 e. The van der Waals surface area contributed by atoms with Crippen molar-refractivity contribution in [3.63, 3.8) is 0 Å². The molecular weight excluding hydrogens is 875 g/mol. The van der Waals surface area contributed by atoms with E-state index in [-0.39, 0.29) is 18.5 Å². The summed E-state index contributed by atoms with van der Waals surface area (Å²) in [6.45, 7) is 4.94. The number of unbranched alkanes of at least 4 members (excludes halogenated alkanes) is 45. The molecule has 0 spiro atoms. The lowest BCUT2D eigenvalue weighted by Gasteiger charge is -2.22. The van der Waals surface area contributed by atoms with E-state index in [1.807, 2.05) is 0 Å². The first-order valence-corrected chi connectivity index (χ1v) is 32.1. The molecule has 6 nitrogen and oxygen atoms in total. The lowest BCUT2D eigenvalue weighted by atomic mass is 10.0. The fourth-order valence-electron chi connectivity index (χ4n) is 10.1. The third-order valence-corrected chi connectivity index (χ3v) is 15.0. The molecule has 6 heteroatoms. The molecule has 0 heterocycles. The fourth-order valence-corrected chi connectivity index (χ4v) is 10.1. The van der Waals surface area contributed by atoms with Gasteiger partial charge in [0.15, 0.2) is 0 Å². The molecule has 0 aliphatic rings. The maximum Gasteiger partial charge on any atom is 0.305 e. The highest BCUT2D eigenvalue weighted by Gasteiger charge is 2.20. The number of esters is 1. The zero-order valence-corrected chi connectivity index (χ0v) is 48.0. The zero-order valence-electron chi connectivity index (χ0n) is 48.0. The molecule has 0 aromatic heterocycles. The van der Waals surface area contributed by atoms with Gasteiger partial charge in [-0.25, -0.2) is 0 Å². The highest BCUT2D eigenvalue weighted by atomic mass is 16.5. The van der Waals surface area contributed by atoms with Crippen LogP contribution in [-0.4, -0.2) is 47.4 Å². The van der Waals surface area contributed by atoms with Gasteiger partial charge in [-0.3, -0.25) is 9.59 Å². The van der Waals surface area contributed by atoms with E-state index in [1.54, 1.807) is 0 Å². The Morgan fingerprint density at radius 3 is 1.10 bits per heavy atom. The molecule has 0 aromatic rings. The Kier molecular flexibility index (Phi) is 59.5. The molecule has 0 saturated heterocycles. The van der Waals surface area contributed by atoms with Gasteiger partial charge < -0.3 is 20.3 Å². The van der Waals surface area contributed by atoms with E-state index in [9.17, 15) is 19.8 Å². The molecule has 420 valence electrons. The van der Waals surface area contributed by atoms with Crippen LogP contribution in [0.5, 0.6) is 0 Å². The molecule has 1 amide bonds. The van der Waals surface area contributed by atoms with Crippen molar-refractivity contribution in [3.8, 4) is 0 Å². The molecule has 0 fully saturated rings. The van der Waals surface area contributed by atoms with Gasteiger partial charge in [0.05, 0.1) is 25.4 Å². The van der Waals surface area contributed by atoms with E-state index in [4.69, 9.17) is 4.74 Å². The molecule has 71 heavy (non-hydrogen) atoms. The monoisotopic (exact) mass is 1000 g/mol. The molecule has 0 aliphatic heterocycles. The Bertz CT molecular complexity index is 1110. The van der Waals surface area contributed by atoms with Gasteiger partial charge in [-0.05, 0) is 57.8 Å². The SMILES string of the molecule is CCCCC/C=C\C/C=C\CCCCCCCCCCCC(=O)OCCCCCCCCCCCCCCCCCCCCCCCCCC(=O)NC(CO)C(O)CCCCCCCCCCCCCC. The Balaban J connectivity index is 3.34. The standard InChI is InChI=1S/C65H125NO5/c1-3-5-7-9-11-13-15-17-18-19-25-29-32-35-39-43-47-51-55-59-65(70)71-60-56-52-48-44-40-36-33-30-27-24-22-20-21-23-26-28-31-34-38-42-46-50-54-58-64(69)66-62(61-67)63(68)57-53-49-45-41-37-16-14-12-10-8-6-4-2/h11,13,17-18,62-63,67-68H,3-10,12,14-16,19-61H2,1-2H3,(H,66,69)/b13-11-,18-17-. The van der Waals surface area contributed by atoms with Crippen LogP contribution in [0.25, 0.3) is 0 Å². The average Bonchev–Trinajstić information content (AvgIpc) is 3.37. The minimum atomic E-state index is -0.662. The van der Waals surface area contributed by atoms with Gasteiger partial charge in [-0.15, -0.1) is 0 Å². The Morgan fingerprint density at radius 2 is 0.704 bits per heavy atom. The lowest BCUT2D eigenvalue weighted by molar-refractivity contribution is -0.143. The predicted octanol–water partition coefficient (Wildman–Crippen LogP) is 20.2. The molecule has 0 aromatic carbocycles. The van der Waals surface area contributed by atoms with Crippen LogP contribution in [0.3, 0.4) is 0 Å². The number of hydrogen-bond acceptors (Lipinski definition) is 5. The maximum absolute atomic E-state index is 12.5. The van der Waals surface area contributed by atoms with Crippen LogP contribution in [0, 0.1) is 0 Å². The molecule has 3 N–H and O–H groups in total. The van der Waals surface area contributed by atoms with Crippen LogP contribution >= 0.6 is 0 Å². The zero-order chi connectivity index (χ0) is 51.4. The summed E-state index contributed by atoms with van der Waals surface area (Å²) in [6.07, 6.45) is 74.8. The van der Waals surface area contributed by atoms with Crippen molar-refractivity contribution < 1.29 is 24.5 Å². The molecule has 0 radical (unpaired) electrons. The second-order valence-corrected chi connectivity index (χ2v) is 22.1. The highest BCUT2D eigenvalue weighted by molar-refractivity contribution is 5.76. The van der Waals surface area contributed by atoms with Crippen LogP contribution in [0.1, 0.15) is 354 Å². The smallest absolute Gasteiger partial charge is 0.305 e. The van der Waals surface area contributed by atoms with Gasteiger partial charge in [0.25, 0.3) is 0 Å². The summed E-state index contributed by atoms with van der Waals surface area (Å²) < 4.78 is 5.50. The van der Waals surface area contributed by atoms with Gasteiger partial charge >= 0.3 is 5.97 Å². The number of amides is 1. The van der Waals surface area contributed by atoms with E-state index in [2.05, 4.69) is 43.5 Å². The van der Waals surface area contributed by atoms with E-state index in [0.29, 0.717) is 25.9 Å². The molecule has 0 bridgehead atoms. The van der Waals surface area contributed by atoms with E-state index in [0.717, 1.165) is 51.4 Å². The molecule has 2 atom stereocenters. The topological polar surface area (TPSA) is 95.9 Å². The van der Waals surface area contributed by atoms with Gasteiger partial charge in [0.1, 0.15) is 0 Å². The second-order valence-electron chi connectivity index (χ2n) is 22.1. The maximum atomic E-state index is 12.5. The number of allylic oxidation sites excluding steroid dienone is 4. The quantitative estimate of drug-likeness (QED) is 0.0320. The number of aliphatic hydroxyl groups excluding tert-OH is 2. The van der Waals surface area contributed by atoms with Crippen LogP contribution in [-0.2, 0) is 14.3 Å². The molecule has 0 aliphatic carbocycles. The van der Waals surface area contributed by atoms with Crippen LogP contribution < -0.4 is 5.32 Å². The molecule has 0 rings (SSSR count). The number of hydrogen-bond donors (Lipinski definition) is 3. The average molecular weight is 1000 g/mol. The number of ether oxygens (including phenoxy) is 1. The molecule has 0 saturated carbocycles. The fraction of sp³-hybridized carbons (Fsp3) is 0.908. The van der Waals surface area contributed by atoms with Crippen molar-refractivity contribution in [2.45, 2.75) is 366 Å². The third-order valence-electron chi connectivity index (χ3n) is 15.0. The Morgan fingerprint density at radius 1 is 0.394 bits per heavy atom. The Hall–Kier alpha value is -1.66. The van der Waals surface area contributed by atoms with Crippen molar-refractivity contribution in [1.82, 2.24) is 5.32 Å². The van der Waals surface area contributed by atoms with E-state index in [1.165, 1.54) is 270 Å². The van der Waals surface area contributed by atoms with Gasteiger partial charge in [0.2, 0.25) is 5.91 Å². The van der Waals surface area contributed by atoms with Crippen molar-refractivity contribution in [2.24, 2.45) is 0 Å². The number of nitrogens with one attached hydrogen (secondary N) is 1. The highest BCUT2D eigenvalue weighted by Crippen LogP contribution is 2.18. The van der Waals surface area contributed by atoms with Crippen LogP contribution in [0.2, 0.25) is 0 Å². The van der Waals surface area contributed by atoms with Crippen molar-refractivity contribution in [2.75, 3.05) is 13.2 Å². The van der Waals surface area contributed by atoms with E-state index < -0.39 is 12.1 Å². The first-order valence-electron chi connectivity index (χ1n) is 32.1. The summed E-state index contributed by atoms with van der Waals surface area (Å²) in [5.74, 6) is -0.0225. The Labute approximate surface area is 443 Å². The molecular formula is C65H125NO5. The van der Waals surface area contributed by atoms with Crippen molar-refractivity contribution in [3.05, 3.63) is 24.3 Å².